The van der Waals surface area contributed by atoms with Crippen molar-refractivity contribution in [2.24, 2.45) is 0 Å². The van der Waals surface area contributed by atoms with Gasteiger partial charge in [-0.05, 0) is 35.7 Å². The number of aromatic carboxylic acids is 1. The first-order valence-electron chi connectivity index (χ1n) is 9.69. The molecular formula is C24H24N2O4. The van der Waals surface area contributed by atoms with Crippen LogP contribution in [-0.4, -0.2) is 34.0 Å². The highest BCUT2D eigenvalue weighted by Gasteiger charge is 2.16. The van der Waals surface area contributed by atoms with Gasteiger partial charge in [-0.3, -0.25) is 4.79 Å². The topological polar surface area (TPSA) is 79.7 Å². The quantitative estimate of drug-likeness (QED) is 0.584. The van der Waals surface area contributed by atoms with Gasteiger partial charge in [0.15, 0.2) is 0 Å². The smallest absolute Gasteiger partial charge is 0.335 e. The molecule has 1 N–H and O–H groups in total. The Balaban J connectivity index is 1.72. The Bertz CT molecular complexity index is 988. The van der Waals surface area contributed by atoms with Gasteiger partial charge in [-0.2, -0.15) is 0 Å². The van der Waals surface area contributed by atoms with Crippen molar-refractivity contribution in [2.45, 2.75) is 25.9 Å². The average Bonchev–Trinajstić information content (AvgIpc) is 2.78. The Morgan fingerprint density at radius 1 is 0.900 bits per heavy atom. The Kier molecular flexibility index (Phi) is 7.16. The number of aromatic nitrogens is 1. The van der Waals surface area contributed by atoms with E-state index in [4.69, 9.17) is 9.84 Å². The Morgan fingerprint density at radius 2 is 1.57 bits per heavy atom. The number of pyridine rings is 1. The molecule has 0 spiro atoms. The molecule has 2 aromatic carbocycles. The van der Waals surface area contributed by atoms with Crippen molar-refractivity contribution in [3.05, 3.63) is 95.2 Å². The normalized spacial score (nSPS) is 10.4. The summed E-state index contributed by atoms with van der Waals surface area (Å²) < 4.78 is 5.15. The Hall–Kier alpha value is -3.67. The van der Waals surface area contributed by atoms with E-state index in [-0.39, 0.29) is 11.5 Å². The number of carbonyl (C=O) groups is 2. The number of carboxylic acid groups (broad SMARTS) is 1. The van der Waals surface area contributed by atoms with Gasteiger partial charge < -0.3 is 14.7 Å². The van der Waals surface area contributed by atoms with Crippen molar-refractivity contribution in [3.8, 4) is 5.88 Å². The predicted octanol–water partition coefficient (Wildman–Crippen LogP) is 3.95. The van der Waals surface area contributed by atoms with Crippen molar-refractivity contribution < 1.29 is 19.4 Å². The Morgan fingerprint density at radius 3 is 2.20 bits per heavy atom. The van der Waals surface area contributed by atoms with Gasteiger partial charge in [0.05, 0.1) is 12.7 Å². The van der Waals surface area contributed by atoms with E-state index in [9.17, 15) is 9.59 Å². The molecule has 154 valence electrons. The van der Waals surface area contributed by atoms with E-state index < -0.39 is 5.97 Å². The highest BCUT2D eigenvalue weighted by Crippen LogP contribution is 2.15. The molecule has 0 aliphatic heterocycles. The molecule has 30 heavy (non-hydrogen) atoms. The number of ether oxygens (including phenoxy) is 1. The first-order chi connectivity index (χ1) is 14.5. The largest absolute Gasteiger partial charge is 0.481 e. The fourth-order valence-corrected chi connectivity index (χ4v) is 3.11. The molecule has 3 rings (SSSR count). The molecule has 3 aromatic rings. The molecule has 0 aliphatic rings. The molecule has 1 heterocycles. The van der Waals surface area contributed by atoms with Crippen molar-refractivity contribution in [1.82, 2.24) is 9.88 Å². The molecular weight excluding hydrogens is 380 g/mol. The van der Waals surface area contributed by atoms with E-state index in [1.54, 1.807) is 42.3 Å². The lowest BCUT2D eigenvalue weighted by atomic mass is 10.1. The highest BCUT2D eigenvalue weighted by molar-refractivity contribution is 5.87. The summed E-state index contributed by atoms with van der Waals surface area (Å²) in [7, 11) is 1.56. The standard InChI is InChI=1S/C24H24N2O4/c1-30-22-9-5-8-21(25-22)14-15-23(27)26(16-18-6-3-2-4-7-18)17-19-10-12-20(13-11-19)24(28)29/h2-13H,14-17H2,1H3,(H,28,29). The molecule has 0 saturated heterocycles. The van der Waals surface area contributed by atoms with Crippen LogP contribution in [0.4, 0.5) is 0 Å². The van der Waals surface area contributed by atoms with Crippen molar-refractivity contribution in [1.29, 1.82) is 0 Å². The van der Waals surface area contributed by atoms with Crippen molar-refractivity contribution in [3.63, 3.8) is 0 Å². The molecule has 0 fully saturated rings. The number of benzene rings is 2. The van der Waals surface area contributed by atoms with Gasteiger partial charge in [0.1, 0.15) is 0 Å². The van der Waals surface area contributed by atoms with Crippen LogP contribution in [0.1, 0.15) is 33.6 Å². The lowest BCUT2D eigenvalue weighted by Crippen LogP contribution is -2.30. The summed E-state index contributed by atoms with van der Waals surface area (Å²) in [6.45, 7) is 0.880. The third-order valence-corrected chi connectivity index (χ3v) is 4.73. The number of rotatable bonds is 9. The minimum Gasteiger partial charge on any atom is -0.481 e. The lowest BCUT2D eigenvalue weighted by Gasteiger charge is -2.23. The zero-order chi connectivity index (χ0) is 21.3. The Labute approximate surface area is 175 Å². The fourth-order valence-electron chi connectivity index (χ4n) is 3.11. The van der Waals surface area contributed by atoms with E-state index in [0.717, 1.165) is 16.8 Å². The third kappa shape index (κ3) is 5.91. The van der Waals surface area contributed by atoms with Crippen LogP contribution in [0.2, 0.25) is 0 Å². The second kappa shape index (κ2) is 10.2. The molecule has 0 saturated carbocycles. The molecule has 0 unspecified atom stereocenters. The number of carboxylic acids is 1. The van der Waals surface area contributed by atoms with Gasteiger partial charge in [-0.1, -0.05) is 48.5 Å². The summed E-state index contributed by atoms with van der Waals surface area (Å²) in [5, 5.41) is 9.08. The van der Waals surface area contributed by atoms with Crippen LogP contribution in [-0.2, 0) is 24.3 Å². The van der Waals surface area contributed by atoms with Crippen LogP contribution in [0.3, 0.4) is 0 Å². The molecule has 0 radical (unpaired) electrons. The number of methoxy groups -OCH3 is 1. The van der Waals surface area contributed by atoms with Gasteiger partial charge in [-0.15, -0.1) is 0 Å². The molecule has 1 aromatic heterocycles. The van der Waals surface area contributed by atoms with E-state index in [1.807, 2.05) is 42.5 Å². The number of hydrogen-bond donors (Lipinski definition) is 1. The van der Waals surface area contributed by atoms with Crippen molar-refractivity contribution >= 4 is 11.9 Å². The second-order valence-corrected chi connectivity index (χ2v) is 6.91. The predicted molar refractivity (Wildman–Crippen MR) is 113 cm³/mol. The van der Waals surface area contributed by atoms with Crippen LogP contribution in [0, 0.1) is 0 Å². The van der Waals surface area contributed by atoms with E-state index in [0.29, 0.717) is 31.8 Å². The summed E-state index contributed by atoms with van der Waals surface area (Å²) in [4.78, 5) is 30.2. The maximum atomic E-state index is 13.0. The minimum absolute atomic E-state index is 0.00536. The number of aryl methyl sites for hydroxylation is 1. The SMILES string of the molecule is COc1cccc(CCC(=O)N(Cc2ccccc2)Cc2ccc(C(=O)O)cc2)n1. The van der Waals surface area contributed by atoms with Gasteiger partial charge in [-0.25, -0.2) is 9.78 Å². The zero-order valence-corrected chi connectivity index (χ0v) is 16.8. The third-order valence-electron chi connectivity index (χ3n) is 4.73. The first-order valence-corrected chi connectivity index (χ1v) is 9.69. The maximum Gasteiger partial charge on any atom is 0.335 e. The summed E-state index contributed by atoms with van der Waals surface area (Å²) in [5.41, 5.74) is 2.94. The van der Waals surface area contributed by atoms with Gasteiger partial charge in [0.25, 0.3) is 0 Å². The summed E-state index contributed by atoms with van der Waals surface area (Å²) in [6.07, 6.45) is 0.833. The fraction of sp³-hybridized carbons (Fsp3) is 0.208. The number of hydrogen-bond acceptors (Lipinski definition) is 4. The number of carbonyl (C=O) groups excluding carboxylic acids is 1. The minimum atomic E-state index is -0.968. The van der Waals surface area contributed by atoms with Gasteiger partial charge >= 0.3 is 5.97 Å². The van der Waals surface area contributed by atoms with Crippen LogP contribution >= 0.6 is 0 Å². The molecule has 0 aliphatic carbocycles. The van der Waals surface area contributed by atoms with Crippen LogP contribution in [0.25, 0.3) is 0 Å². The van der Waals surface area contributed by atoms with E-state index in [2.05, 4.69) is 4.98 Å². The van der Waals surface area contributed by atoms with E-state index >= 15 is 0 Å². The summed E-state index contributed by atoms with van der Waals surface area (Å²) in [5.74, 6) is -0.435. The highest BCUT2D eigenvalue weighted by atomic mass is 16.5. The monoisotopic (exact) mass is 404 g/mol. The van der Waals surface area contributed by atoms with Crippen LogP contribution in [0.15, 0.2) is 72.8 Å². The summed E-state index contributed by atoms with van der Waals surface area (Å²) >= 11 is 0. The average molecular weight is 404 g/mol. The first kappa shape index (κ1) is 21.0. The number of nitrogens with zero attached hydrogens (tertiary/aromatic N) is 2. The maximum absolute atomic E-state index is 13.0. The number of amides is 1. The van der Waals surface area contributed by atoms with Crippen molar-refractivity contribution in [2.75, 3.05) is 7.11 Å². The van der Waals surface area contributed by atoms with E-state index in [1.165, 1.54) is 0 Å². The van der Waals surface area contributed by atoms with Gasteiger partial charge in [0.2, 0.25) is 11.8 Å². The molecule has 0 bridgehead atoms. The molecule has 6 nitrogen and oxygen atoms in total. The zero-order valence-electron chi connectivity index (χ0n) is 16.8. The molecule has 0 atom stereocenters. The second-order valence-electron chi connectivity index (χ2n) is 6.91. The van der Waals surface area contributed by atoms with Gasteiger partial charge in [0, 0.05) is 31.3 Å². The molecule has 1 amide bonds. The van der Waals surface area contributed by atoms with Crippen LogP contribution < -0.4 is 4.74 Å². The summed E-state index contributed by atoms with van der Waals surface area (Å²) in [6, 6.07) is 21.9. The molecule has 6 heteroatoms. The lowest BCUT2D eigenvalue weighted by molar-refractivity contribution is -0.132. The van der Waals surface area contributed by atoms with Crippen LogP contribution in [0.5, 0.6) is 5.88 Å².